The van der Waals surface area contributed by atoms with Crippen molar-refractivity contribution in [3.05, 3.63) is 65.2 Å². The van der Waals surface area contributed by atoms with Crippen molar-refractivity contribution in [3.63, 3.8) is 0 Å². The number of hydrogen-bond acceptors (Lipinski definition) is 5. The highest BCUT2D eigenvalue weighted by Crippen LogP contribution is 2.49. The second-order valence-corrected chi connectivity index (χ2v) is 8.28. The maximum atomic E-state index is 12.9. The van der Waals surface area contributed by atoms with Gasteiger partial charge in [0.25, 0.3) is 10.1 Å². The summed E-state index contributed by atoms with van der Waals surface area (Å²) in [7, 11) is -3.18. The fraction of sp³-hybridized carbons (Fsp3) is 0.300. The molecule has 1 saturated heterocycles. The number of methoxy groups -OCH3 is 1. The lowest BCUT2D eigenvalue weighted by Gasteiger charge is -2.50. The first-order chi connectivity index (χ1) is 13.2. The van der Waals surface area contributed by atoms with Crippen LogP contribution in [0, 0.1) is 0 Å². The lowest BCUT2D eigenvalue weighted by atomic mass is 9.76. The first kappa shape index (κ1) is 20.0. The first-order valence-corrected chi connectivity index (χ1v) is 10.2. The van der Waals surface area contributed by atoms with E-state index in [1.54, 1.807) is 41.3 Å². The van der Waals surface area contributed by atoms with Crippen molar-refractivity contribution < 1.29 is 27.3 Å². The summed E-state index contributed by atoms with van der Waals surface area (Å²) in [6.07, 6.45) is 0. The van der Waals surface area contributed by atoms with Crippen molar-refractivity contribution in [2.45, 2.75) is 36.7 Å². The molecule has 1 N–H and O–H groups in total. The standard InChI is InChI=1S/C20H21NO6S/c1-12(2)21-18(13-8-10-14(11-9-13)20(23)27-3)17(19(21)22)15-6-4-5-7-16(15)28(24,25)26/h4-12,17-18H,1-3H3,(H,24,25,26)/t17-,18-/m1/s1. The van der Waals surface area contributed by atoms with Gasteiger partial charge < -0.3 is 9.64 Å². The van der Waals surface area contributed by atoms with Crippen LogP contribution in [-0.2, 0) is 19.6 Å². The Kier molecular flexibility index (Phi) is 5.27. The molecule has 0 radical (unpaired) electrons. The summed E-state index contributed by atoms with van der Waals surface area (Å²) in [5.41, 5.74) is 1.40. The number of esters is 1. The highest BCUT2D eigenvalue weighted by Gasteiger charge is 2.51. The van der Waals surface area contributed by atoms with E-state index in [1.165, 1.54) is 19.2 Å². The van der Waals surface area contributed by atoms with E-state index >= 15 is 0 Å². The Bertz CT molecular complexity index is 1010. The minimum absolute atomic E-state index is 0.105. The van der Waals surface area contributed by atoms with Gasteiger partial charge in [-0.3, -0.25) is 9.35 Å². The molecule has 2 aromatic carbocycles. The van der Waals surface area contributed by atoms with Gasteiger partial charge in [-0.1, -0.05) is 30.3 Å². The number of carbonyl (C=O) groups excluding carboxylic acids is 2. The van der Waals surface area contributed by atoms with Crippen LogP contribution >= 0.6 is 0 Å². The Balaban J connectivity index is 2.07. The van der Waals surface area contributed by atoms with E-state index in [9.17, 15) is 22.6 Å². The topological polar surface area (TPSA) is 101 Å². The zero-order valence-corrected chi connectivity index (χ0v) is 16.5. The highest BCUT2D eigenvalue weighted by molar-refractivity contribution is 7.85. The van der Waals surface area contributed by atoms with Crippen molar-refractivity contribution in [1.29, 1.82) is 0 Å². The van der Waals surface area contributed by atoms with Crippen molar-refractivity contribution in [2.24, 2.45) is 0 Å². The van der Waals surface area contributed by atoms with Crippen LogP contribution < -0.4 is 0 Å². The number of β-lactam (4-membered cyclic amide) rings is 1. The van der Waals surface area contributed by atoms with E-state index in [0.717, 1.165) is 5.56 Å². The number of carbonyl (C=O) groups is 2. The van der Waals surface area contributed by atoms with Crippen molar-refractivity contribution in [3.8, 4) is 0 Å². The zero-order chi connectivity index (χ0) is 20.6. The number of hydrogen-bond donors (Lipinski definition) is 1. The van der Waals surface area contributed by atoms with Gasteiger partial charge in [0.1, 0.15) is 0 Å². The monoisotopic (exact) mass is 403 g/mol. The molecule has 0 spiro atoms. The van der Waals surface area contributed by atoms with Gasteiger partial charge >= 0.3 is 5.97 Å². The van der Waals surface area contributed by atoms with Crippen molar-refractivity contribution >= 4 is 22.0 Å². The molecule has 8 heteroatoms. The van der Waals surface area contributed by atoms with Gasteiger partial charge in [-0.15, -0.1) is 0 Å². The molecule has 148 valence electrons. The molecule has 2 atom stereocenters. The second kappa shape index (κ2) is 7.37. The Morgan fingerprint density at radius 3 is 2.25 bits per heavy atom. The predicted octanol–water partition coefficient (Wildman–Crippen LogP) is 2.80. The van der Waals surface area contributed by atoms with E-state index in [0.29, 0.717) is 5.56 Å². The van der Waals surface area contributed by atoms with E-state index in [1.807, 2.05) is 13.8 Å². The third kappa shape index (κ3) is 3.41. The summed E-state index contributed by atoms with van der Waals surface area (Å²) in [5, 5.41) is 0. The molecule has 1 fully saturated rings. The molecule has 0 bridgehead atoms. The quantitative estimate of drug-likeness (QED) is 0.468. The first-order valence-electron chi connectivity index (χ1n) is 8.73. The summed E-state index contributed by atoms with van der Waals surface area (Å²) in [5.74, 6) is -1.43. The van der Waals surface area contributed by atoms with Crippen molar-refractivity contribution in [1.82, 2.24) is 4.90 Å². The normalized spacial score (nSPS) is 19.5. The molecule has 3 rings (SSSR count). The Hall–Kier alpha value is -2.71. The Morgan fingerprint density at radius 2 is 1.71 bits per heavy atom. The summed E-state index contributed by atoms with van der Waals surface area (Å²) < 4.78 is 37.9. The van der Waals surface area contributed by atoms with Crippen LogP contribution in [-0.4, -0.2) is 42.9 Å². The van der Waals surface area contributed by atoms with Crippen LogP contribution in [0.1, 0.15) is 47.3 Å². The number of ether oxygens (including phenoxy) is 1. The molecule has 0 unspecified atom stereocenters. The summed E-state index contributed by atoms with van der Waals surface area (Å²) in [4.78, 5) is 25.9. The lowest BCUT2D eigenvalue weighted by Crippen LogP contribution is -2.56. The molecule has 7 nitrogen and oxygen atoms in total. The summed E-state index contributed by atoms with van der Waals surface area (Å²) >= 11 is 0. The SMILES string of the molecule is COC(=O)c1ccc([C@@H]2[C@@H](c3ccccc3S(=O)(=O)O)C(=O)N2C(C)C)cc1. The third-order valence-corrected chi connectivity index (χ3v) is 5.83. The van der Waals surface area contributed by atoms with Gasteiger partial charge in [0.05, 0.1) is 29.5 Å². The number of nitrogens with zero attached hydrogens (tertiary/aromatic N) is 1. The Labute approximate surface area is 163 Å². The average Bonchev–Trinajstić information content (AvgIpc) is 2.65. The van der Waals surface area contributed by atoms with Gasteiger partial charge in [-0.2, -0.15) is 8.42 Å². The van der Waals surface area contributed by atoms with Gasteiger partial charge in [-0.05, 0) is 43.2 Å². The second-order valence-electron chi connectivity index (χ2n) is 6.89. The van der Waals surface area contributed by atoms with Crippen LogP contribution in [0.4, 0.5) is 0 Å². The molecule has 0 aromatic heterocycles. The maximum Gasteiger partial charge on any atom is 0.337 e. The number of likely N-dealkylation sites (tertiary alicyclic amines) is 1. The minimum atomic E-state index is -4.47. The van der Waals surface area contributed by atoms with Crippen LogP contribution in [0.2, 0.25) is 0 Å². The highest BCUT2D eigenvalue weighted by atomic mass is 32.2. The smallest absolute Gasteiger partial charge is 0.337 e. The molecule has 1 amide bonds. The molecule has 0 aliphatic carbocycles. The maximum absolute atomic E-state index is 12.9. The van der Waals surface area contributed by atoms with Crippen LogP contribution in [0.15, 0.2) is 53.4 Å². The van der Waals surface area contributed by atoms with Gasteiger partial charge in [0.15, 0.2) is 0 Å². The summed E-state index contributed by atoms with van der Waals surface area (Å²) in [6.45, 7) is 3.75. The molecular formula is C20H21NO6S. The molecule has 1 heterocycles. The Morgan fingerprint density at radius 1 is 1.11 bits per heavy atom. The summed E-state index contributed by atoms with van der Waals surface area (Å²) in [6, 6.07) is 12.1. The predicted molar refractivity (Wildman–Crippen MR) is 102 cm³/mol. The minimum Gasteiger partial charge on any atom is -0.465 e. The fourth-order valence-electron chi connectivity index (χ4n) is 3.65. The van der Waals surface area contributed by atoms with Crippen LogP contribution in [0.25, 0.3) is 0 Å². The van der Waals surface area contributed by atoms with Crippen LogP contribution in [0.3, 0.4) is 0 Å². The van der Waals surface area contributed by atoms with Crippen molar-refractivity contribution in [2.75, 3.05) is 7.11 Å². The lowest BCUT2D eigenvalue weighted by molar-refractivity contribution is -0.153. The molecule has 2 aromatic rings. The molecule has 28 heavy (non-hydrogen) atoms. The third-order valence-electron chi connectivity index (χ3n) is 4.90. The van der Waals surface area contributed by atoms with Gasteiger partial charge in [0, 0.05) is 6.04 Å². The average molecular weight is 403 g/mol. The zero-order valence-electron chi connectivity index (χ0n) is 15.7. The fourth-order valence-corrected chi connectivity index (χ4v) is 4.39. The van der Waals surface area contributed by atoms with E-state index < -0.39 is 28.0 Å². The number of rotatable bonds is 5. The molecule has 0 saturated carbocycles. The number of amides is 1. The molecular weight excluding hydrogens is 382 g/mol. The van der Waals surface area contributed by atoms with Gasteiger partial charge in [-0.25, -0.2) is 4.79 Å². The largest absolute Gasteiger partial charge is 0.465 e. The van der Waals surface area contributed by atoms with E-state index in [2.05, 4.69) is 0 Å². The van der Waals surface area contributed by atoms with Gasteiger partial charge in [0.2, 0.25) is 5.91 Å². The van der Waals surface area contributed by atoms with E-state index in [-0.39, 0.29) is 22.4 Å². The molecule has 1 aliphatic heterocycles. The van der Waals surface area contributed by atoms with Crippen LogP contribution in [0.5, 0.6) is 0 Å². The molecule has 1 aliphatic rings. The van der Waals surface area contributed by atoms with E-state index in [4.69, 9.17) is 4.74 Å². The number of benzene rings is 2.